The molecule has 0 aliphatic rings. The molecule has 0 bridgehead atoms. The summed E-state index contributed by atoms with van der Waals surface area (Å²) in [6.07, 6.45) is 0.650. The first kappa shape index (κ1) is 14.8. The number of carboxylic acid groups (broad SMARTS) is 1. The van der Waals surface area contributed by atoms with Crippen LogP contribution < -0.4 is 9.61 Å². The van der Waals surface area contributed by atoms with Crippen LogP contribution in [0.5, 0.6) is 5.75 Å². The van der Waals surface area contributed by atoms with Crippen molar-refractivity contribution in [2.24, 2.45) is 0 Å². The number of aryl methyl sites for hydroxylation is 1. The summed E-state index contributed by atoms with van der Waals surface area (Å²) in [4.78, 5) is 22.1. The molecule has 1 heterocycles. The van der Waals surface area contributed by atoms with Crippen LogP contribution in [-0.4, -0.2) is 19.5 Å². The lowest BCUT2D eigenvalue weighted by molar-refractivity contribution is 0.0659. The van der Waals surface area contributed by atoms with Crippen LogP contribution in [-0.2, 0) is 10.1 Å². The number of carbonyl (C=O) groups is 1. The topological polar surface area (TPSA) is 111 Å². The maximum Gasteiger partial charge on any atom is 0.371 e. The summed E-state index contributed by atoms with van der Waals surface area (Å²) in [6, 6.07) is 6.45. The van der Waals surface area contributed by atoms with Gasteiger partial charge in [-0.2, -0.15) is 8.42 Å². The van der Waals surface area contributed by atoms with Crippen LogP contribution in [0.15, 0.2) is 50.7 Å². The number of benzene rings is 1. The van der Waals surface area contributed by atoms with E-state index < -0.39 is 33.0 Å². The van der Waals surface area contributed by atoms with Gasteiger partial charge in [-0.05, 0) is 19.1 Å². The van der Waals surface area contributed by atoms with Crippen LogP contribution in [0.4, 0.5) is 0 Å². The zero-order valence-electron chi connectivity index (χ0n) is 10.8. The van der Waals surface area contributed by atoms with E-state index in [1.54, 1.807) is 19.1 Å². The minimum atomic E-state index is -4.19. The number of carboxylic acids is 1. The average molecular weight is 310 g/mol. The SMILES string of the molecule is Cc1ccc(S(=O)(=O)Oc2coc(C(=O)O)cc2=O)cc1. The Morgan fingerprint density at radius 2 is 1.86 bits per heavy atom. The van der Waals surface area contributed by atoms with E-state index in [-0.39, 0.29) is 4.90 Å². The smallest absolute Gasteiger partial charge is 0.371 e. The highest BCUT2D eigenvalue weighted by Crippen LogP contribution is 2.16. The molecule has 110 valence electrons. The lowest BCUT2D eigenvalue weighted by Gasteiger charge is -2.06. The molecule has 2 aromatic rings. The molecule has 8 heteroatoms. The van der Waals surface area contributed by atoms with Crippen molar-refractivity contribution in [3.05, 3.63) is 58.1 Å². The Kier molecular flexibility index (Phi) is 3.81. The normalized spacial score (nSPS) is 11.1. The van der Waals surface area contributed by atoms with Gasteiger partial charge in [-0.25, -0.2) is 4.79 Å². The molecule has 0 fully saturated rings. The van der Waals surface area contributed by atoms with Gasteiger partial charge in [0.15, 0.2) is 0 Å². The first-order valence-electron chi connectivity index (χ1n) is 5.67. The van der Waals surface area contributed by atoms with E-state index in [0.29, 0.717) is 12.3 Å². The Labute approximate surface area is 119 Å². The van der Waals surface area contributed by atoms with E-state index in [1.165, 1.54) is 12.1 Å². The molecule has 0 atom stereocenters. The van der Waals surface area contributed by atoms with Crippen LogP contribution in [0.1, 0.15) is 16.1 Å². The molecule has 0 unspecified atom stereocenters. The largest absolute Gasteiger partial charge is 0.475 e. The third-order valence-corrected chi connectivity index (χ3v) is 3.77. The van der Waals surface area contributed by atoms with Crippen molar-refractivity contribution in [3.8, 4) is 5.75 Å². The van der Waals surface area contributed by atoms with Gasteiger partial charge in [0.05, 0.1) is 0 Å². The zero-order chi connectivity index (χ0) is 15.6. The number of hydrogen-bond donors (Lipinski definition) is 1. The third-order valence-electron chi connectivity index (χ3n) is 2.52. The second-order valence-electron chi connectivity index (χ2n) is 4.13. The quantitative estimate of drug-likeness (QED) is 0.850. The predicted octanol–water partition coefficient (Wildman–Crippen LogP) is 1.41. The van der Waals surface area contributed by atoms with Gasteiger partial charge in [-0.15, -0.1) is 0 Å². The second kappa shape index (κ2) is 5.41. The molecule has 0 radical (unpaired) electrons. The minimum absolute atomic E-state index is 0.130. The van der Waals surface area contributed by atoms with E-state index in [0.717, 1.165) is 5.56 Å². The fourth-order valence-electron chi connectivity index (χ4n) is 1.44. The summed E-state index contributed by atoms with van der Waals surface area (Å²) in [6.45, 7) is 1.79. The fraction of sp³-hybridized carbons (Fsp3) is 0.0769. The Hall–Kier alpha value is -2.61. The number of aromatic carboxylic acids is 1. The first-order chi connectivity index (χ1) is 9.79. The van der Waals surface area contributed by atoms with Crippen LogP contribution in [0.3, 0.4) is 0 Å². The van der Waals surface area contributed by atoms with Gasteiger partial charge < -0.3 is 13.7 Å². The van der Waals surface area contributed by atoms with Crippen LogP contribution in [0.2, 0.25) is 0 Å². The van der Waals surface area contributed by atoms with E-state index >= 15 is 0 Å². The van der Waals surface area contributed by atoms with E-state index in [9.17, 15) is 18.0 Å². The van der Waals surface area contributed by atoms with Crippen molar-refractivity contribution in [2.75, 3.05) is 0 Å². The van der Waals surface area contributed by atoms with Gasteiger partial charge in [0.2, 0.25) is 16.9 Å². The molecule has 1 N–H and O–H groups in total. The van der Waals surface area contributed by atoms with Gasteiger partial charge in [-0.3, -0.25) is 4.79 Å². The Balaban J connectivity index is 2.35. The van der Waals surface area contributed by atoms with E-state index in [1.807, 2.05) is 0 Å². The molecule has 2 rings (SSSR count). The molecule has 21 heavy (non-hydrogen) atoms. The molecule has 7 nitrogen and oxygen atoms in total. The fourth-order valence-corrected chi connectivity index (χ4v) is 2.37. The van der Waals surface area contributed by atoms with Crippen LogP contribution in [0.25, 0.3) is 0 Å². The van der Waals surface area contributed by atoms with Crippen molar-refractivity contribution in [1.29, 1.82) is 0 Å². The molecule has 0 amide bonds. The molecule has 0 spiro atoms. The molecule has 0 saturated heterocycles. The van der Waals surface area contributed by atoms with Gasteiger partial charge in [0, 0.05) is 6.07 Å². The minimum Gasteiger partial charge on any atom is -0.475 e. The molecule has 1 aromatic heterocycles. The summed E-state index contributed by atoms with van der Waals surface area (Å²) in [5.74, 6) is -2.67. The Morgan fingerprint density at radius 1 is 1.24 bits per heavy atom. The summed E-state index contributed by atoms with van der Waals surface area (Å²) in [5, 5.41) is 8.65. The van der Waals surface area contributed by atoms with Crippen molar-refractivity contribution in [1.82, 2.24) is 0 Å². The Morgan fingerprint density at radius 3 is 2.38 bits per heavy atom. The molecule has 0 saturated carbocycles. The standard InChI is InChI=1S/C13H10O7S/c1-8-2-4-9(5-3-8)21(17,18)20-12-7-19-11(13(15)16)6-10(12)14/h2-7H,1H3,(H,15,16). The lowest BCUT2D eigenvalue weighted by atomic mass is 10.2. The van der Waals surface area contributed by atoms with Crippen molar-refractivity contribution >= 4 is 16.1 Å². The van der Waals surface area contributed by atoms with Crippen molar-refractivity contribution < 1.29 is 26.9 Å². The van der Waals surface area contributed by atoms with Crippen molar-refractivity contribution in [2.45, 2.75) is 11.8 Å². The summed E-state index contributed by atoms with van der Waals surface area (Å²) < 4.78 is 33.2. The van der Waals surface area contributed by atoms with E-state index in [2.05, 4.69) is 8.60 Å². The number of hydrogen-bond acceptors (Lipinski definition) is 6. The van der Waals surface area contributed by atoms with Crippen LogP contribution in [0, 0.1) is 6.92 Å². The molecule has 0 aliphatic heterocycles. The highest BCUT2D eigenvalue weighted by Gasteiger charge is 2.19. The average Bonchev–Trinajstić information content (AvgIpc) is 2.41. The highest BCUT2D eigenvalue weighted by atomic mass is 32.2. The summed E-state index contributed by atoms with van der Waals surface area (Å²) in [5.41, 5.74) is -0.0476. The maximum atomic E-state index is 12.0. The molecule has 1 aromatic carbocycles. The lowest BCUT2D eigenvalue weighted by Crippen LogP contribution is -2.16. The third kappa shape index (κ3) is 3.29. The first-order valence-corrected chi connectivity index (χ1v) is 7.08. The maximum absolute atomic E-state index is 12.0. The van der Waals surface area contributed by atoms with E-state index in [4.69, 9.17) is 5.11 Å². The summed E-state index contributed by atoms with van der Waals surface area (Å²) in [7, 11) is -4.19. The molecule has 0 aliphatic carbocycles. The zero-order valence-corrected chi connectivity index (χ0v) is 11.6. The highest BCUT2D eigenvalue weighted by molar-refractivity contribution is 7.87. The second-order valence-corrected chi connectivity index (χ2v) is 5.67. The van der Waals surface area contributed by atoms with Gasteiger partial charge >= 0.3 is 16.1 Å². The monoisotopic (exact) mass is 310 g/mol. The Bertz CT molecular complexity index is 832. The number of rotatable bonds is 4. The predicted molar refractivity (Wildman–Crippen MR) is 70.9 cm³/mol. The van der Waals surface area contributed by atoms with Gasteiger partial charge in [0.25, 0.3) is 0 Å². The van der Waals surface area contributed by atoms with Crippen molar-refractivity contribution in [3.63, 3.8) is 0 Å². The van der Waals surface area contributed by atoms with Gasteiger partial charge in [-0.1, -0.05) is 17.7 Å². The summed E-state index contributed by atoms with van der Waals surface area (Å²) >= 11 is 0. The van der Waals surface area contributed by atoms with Crippen LogP contribution >= 0.6 is 0 Å². The molecular formula is C13H10O7S. The molecular weight excluding hydrogens is 300 g/mol. The van der Waals surface area contributed by atoms with Gasteiger partial charge in [0.1, 0.15) is 11.2 Å².